The van der Waals surface area contributed by atoms with Gasteiger partial charge >= 0.3 is 0 Å². The number of amides is 2. The molecular weight excluding hydrogens is 335 g/mol. The summed E-state index contributed by atoms with van der Waals surface area (Å²) in [5, 5.41) is 5.94. The number of hydrogen-bond acceptors (Lipinski definition) is 3. The van der Waals surface area contributed by atoms with Crippen molar-refractivity contribution in [2.24, 2.45) is 5.92 Å². The van der Waals surface area contributed by atoms with E-state index in [9.17, 15) is 14.0 Å². The van der Waals surface area contributed by atoms with Crippen molar-refractivity contribution < 1.29 is 14.0 Å². The van der Waals surface area contributed by atoms with Gasteiger partial charge in [-0.3, -0.25) is 9.59 Å². The maximum atomic E-state index is 14.2. The van der Waals surface area contributed by atoms with Crippen LogP contribution in [0, 0.1) is 11.7 Å². The van der Waals surface area contributed by atoms with E-state index in [2.05, 4.69) is 20.6 Å². The number of anilines is 1. The molecule has 2 aromatic heterocycles. The summed E-state index contributed by atoms with van der Waals surface area (Å²) in [5.74, 6) is -0.411. The van der Waals surface area contributed by atoms with Crippen LogP contribution >= 0.6 is 0 Å². The Kier molecular flexibility index (Phi) is 3.91. The Hall–Kier alpha value is -3.22. The number of carbonyl (C=O) groups is 2. The average Bonchev–Trinajstić information content (AvgIpc) is 3.40. The summed E-state index contributed by atoms with van der Waals surface area (Å²) in [6.45, 7) is 0. The van der Waals surface area contributed by atoms with E-state index in [1.54, 1.807) is 24.3 Å². The molecule has 0 aliphatic heterocycles. The molecule has 1 aliphatic carbocycles. The van der Waals surface area contributed by atoms with E-state index >= 15 is 0 Å². The summed E-state index contributed by atoms with van der Waals surface area (Å²) in [4.78, 5) is 31.6. The van der Waals surface area contributed by atoms with E-state index in [-0.39, 0.29) is 23.5 Å². The Balaban J connectivity index is 1.87. The van der Waals surface area contributed by atoms with Crippen molar-refractivity contribution in [2.75, 3.05) is 12.4 Å². The highest BCUT2D eigenvalue weighted by Gasteiger charge is 2.30. The molecule has 26 heavy (non-hydrogen) atoms. The number of nitrogens with one attached hydrogen (secondary N) is 3. The lowest BCUT2D eigenvalue weighted by Gasteiger charge is -2.07. The standard InChI is InChI=1S/C19H17FN4O2/c1-21-19(26)13-9-22-17(24-18(25)10-6-7-10)16-12(13)8-15(23-16)11-4-2-3-5-14(11)20/h2-5,8-10,23H,6-7H2,1H3,(H,21,26)(H,22,24,25). The Morgan fingerprint density at radius 1 is 1.27 bits per heavy atom. The number of fused-ring (bicyclic) bond motifs is 1. The molecule has 6 nitrogen and oxygen atoms in total. The number of carbonyl (C=O) groups excluding carboxylic acids is 2. The first-order valence-electron chi connectivity index (χ1n) is 8.38. The first-order valence-corrected chi connectivity index (χ1v) is 8.38. The number of nitrogens with zero attached hydrogens (tertiary/aromatic N) is 1. The third kappa shape index (κ3) is 2.81. The number of H-pyrrole nitrogens is 1. The number of halogens is 1. The average molecular weight is 352 g/mol. The van der Waals surface area contributed by atoms with E-state index in [1.165, 1.54) is 19.3 Å². The monoisotopic (exact) mass is 352 g/mol. The topological polar surface area (TPSA) is 86.9 Å². The quantitative estimate of drug-likeness (QED) is 0.674. The molecule has 132 valence electrons. The molecule has 3 N–H and O–H groups in total. The Labute approximate surface area is 148 Å². The van der Waals surface area contributed by atoms with Gasteiger partial charge < -0.3 is 15.6 Å². The Bertz CT molecular complexity index is 1020. The lowest BCUT2D eigenvalue weighted by atomic mass is 10.1. The molecule has 0 bridgehead atoms. The van der Waals surface area contributed by atoms with Crippen LogP contribution in [0.5, 0.6) is 0 Å². The van der Waals surface area contributed by atoms with Crippen LogP contribution in [0.1, 0.15) is 23.2 Å². The lowest BCUT2D eigenvalue weighted by molar-refractivity contribution is -0.117. The number of pyridine rings is 1. The summed E-state index contributed by atoms with van der Waals surface area (Å²) < 4.78 is 14.2. The smallest absolute Gasteiger partial charge is 0.253 e. The highest BCUT2D eigenvalue weighted by atomic mass is 19.1. The summed E-state index contributed by atoms with van der Waals surface area (Å²) in [6.07, 6.45) is 3.16. The molecule has 2 heterocycles. The first-order chi connectivity index (χ1) is 12.6. The molecule has 3 aromatic rings. The van der Waals surface area contributed by atoms with Gasteiger partial charge in [-0.05, 0) is 31.0 Å². The van der Waals surface area contributed by atoms with Gasteiger partial charge in [0.15, 0.2) is 5.82 Å². The minimum atomic E-state index is -0.378. The fourth-order valence-corrected chi connectivity index (χ4v) is 2.92. The first kappa shape index (κ1) is 16.3. The van der Waals surface area contributed by atoms with Crippen molar-refractivity contribution in [3.8, 4) is 11.3 Å². The second kappa shape index (κ2) is 6.25. The van der Waals surface area contributed by atoms with Crippen molar-refractivity contribution in [3.05, 3.63) is 47.9 Å². The fraction of sp³-hybridized carbons (Fsp3) is 0.211. The minimum Gasteiger partial charge on any atom is -0.355 e. The van der Waals surface area contributed by atoms with Gasteiger partial charge in [-0.25, -0.2) is 9.37 Å². The zero-order valence-corrected chi connectivity index (χ0v) is 14.1. The molecule has 4 rings (SSSR count). The van der Waals surface area contributed by atoms with E-state index in [0.717, 1.165) is 12.8 Å². The molecule has 0 spiro atoms. The van der Waals surface area contributed by atoms with Crippen LogP contribution in [0.3, 0.4) is 0 Å². The van der Waals surface area contributed by atoms with Gasteiger partial charge in [0, 0.05) is 35.8 Å². The molecular formula is C19H17FN4O2. The van der Waals surface area contributed by atoms with Crippen LogP contribution in [0.15, 0.2) is 36.5 Å². The molecule has 1 fully saturated rings. The second-order valence-corrected chi connectivity index (χ2v) is 6.31. The second-order valence-electron chi connectivity index (χ2n) is 6.31. The predicted molar refractivity (Wildman–Crippen MR) is 96.2 cm³/mol. The molecule has 0 radical (unpaired) electrons. The number of rotatable bonds is 4. The maximum Gasteiger partial charge on any atom is 0.253 e. The van der Waals surface area contributed by atoms with E-state index in [0.29, 0.717) is 33.5 Å². The fourth-order valence-electron chi connectivity index (χ4n) is 2.92. The minimum absolute atomic E-state index is 0.0199. The normalized spacial score (nSPS) is 13.6. The van der Waals surface area contributed by atoms with Crippen molar-refractivity contribution in [2.45, 2.75) is 12.8 Å². The number of benzene rings is 1. The molecule has 0 unspecified atom stereocenters. The molecule has 1 aromatic carbocycles. The molecule has 0 atom stereocenters. The van der Waals surface area contributed by atoms with Crippen molar-refractivity contribution in [1.82, 2.24) is 15.3 Å². The largest absolute Gasteiger partial charge is 0.355 e. The third-order valence-corrected chi connectivity index (χ3v) is 4.49. The third-order valence-electron chi connectivity index (χ3n) is 4.49. The van der Waals surface area contributed by atoms with Gasteiger partial charge in [0.25, 0.3) is 5.91 Å². The molecule has 1 saturated carbocycles. The van der Waals surface area contributed by atoms with Gasteiger partial charge in [-0.1, -0.05) is 12.1 Å². The Morgan fingerprint density at radius 2 is 2.04 bits per heavy atom. The molecule has 2 amide bonds. The van der Waals surface area contributed by atoms with Gasteiger partial charge in [0.05, 0.1) is 11.1 Å². The van der Waals surface area contributed by atoms with Gasteiger partial charge in [0.1, 0.15) is 5.82 Å². The summed E-state index contributed by atoms with van der Waals surface area (Å²) in [6, 6.07) is 8.06. The van der Waals surface area contributed by atoms with Crippen LogP contribution in [0.2, 0.25) is 0 Å². The summed E-state index contributed by atoms with van der Waals surface area (Å²) >= 11 is 0. The van der Waals surface area contributed by atoms with E-state index in [1.807, 2.05) is 0 Å². The van der Waals surface area contributed by atoms with Crippen LogP contribution < -0.4 is 10.6 Å². The lowest BCUT2D eigenvalue weighted by Crippen LogP contribution is -2.19. The predicted octanol–water partition coefficient (Wildman–Crippen LogP) is 3.08. The van der Waals surface area contributed by atoms with Gasteiger partial charge in [-0.2, -0.15) is 0 Å². The number of aromatic nitrogens is 2. The number of hydrogen-bond donors (Lipinski definition) is 3. The highest BCUT2D eigenvalue weighted by Crippen LogP contribution is 2.33. The zero-order chi connectivity index (χ0) is 18.3. The summed E-state index contributed by atoms with van der Waals surface area (Å²) in [7, 11) is 1.53. The van der Waals surface area contributed by atoms with Crippen LogP contribution in [0.4, 0.5) is 10.2 Å². The van der Waals surface area contributed by atoms with Crippen molar-refractivity contribution in [1.29, 1.82) is 0 Å². The van der Waals surface area contributed by atoms with Crippen molar-refractivity contribution >= 4 is 28.5 Å². The SMILES string of the molecule is CNC(=O)c1cnc(NC(=O)C2CC2)c2[nH]c(-c3ccccc3F)cc12. The Morgan fingerprint density at radius 3 is 2.73 bits per heavy atom. The van der Waals surface area contributed by atoms with Gasteiger partial charge in [-0.15, -0.1) is 0 Å². The summed E-state index contributed by atoms with van der Waals surface area (Å²) in [5.41, 5.74) is 1.74. The van der Waals surface area contributed by atoms with E-state index < -0.39 is 0 Å². The zero-order valence-electron chi connectivity index (χ0n) is 14.1. The maximum absolute atomic E-state index is 14.2. The van der Waals surface area contributed by atoms with Crippen LogP contribution in [-0.2, 0) is 4.79 Å². The van der Waals surface area contributed by atoms with Crippen molar-refractivity contribution in [3.63, 3.8) is 0 Å². The van der Waals surface area contributed by atoms with E-state index in [4.69, 9.17) is 0 Å². The molecule has 7 heteroatoms. The molecule has 1 aliphatic rings. The van der Waals surface area contributed by atoms with Crippen LogP contribution in [-0.4, -0.2) is 28.8 Å². The number of aromatic amines is 1. The molecule has 0 saturated heterocycles. The van der Waals surface area contributed by atoms with Crippen LogP contribution in [0.25, 0.3) is 22.2 Å². The van der Waals surface area contributed by atoms with Gasteiger partial charge in [0.2, 0.25) is 5.91 Å². The highest BCUT2D eigenvalue weighted by molar-refractivity contribution is 6.11.